The number of nitrogens with zero attached hydrogens (tertiary/aromatic N) is 3. The fourth-order valence-corrected chi connectivity index (χ4v) is 2.92. The molecule has 128 valence electrons. The van der Waals surface area contributed by atoms with Crippen LogP contribution in [-0.4, -0.2) is 46.5 Å². The Balaban J connectivity index is 1.60. The van der Waals surface area contributed by atoms with E-state index in [0.29, 0.717) is 19.6 Å². The monoisotopic (exact) mass is 328 g/mol. The van der Waals surface area contributed by atoms with Crippen molar-refractivity contribution in [3.63, 3.8) is 0 Å². The highest BCUT2D eigenvalue weighted by Gasteiger charge is 2.21. The summed E-state index contributed by atoms with van der Waals surface area (Å²) in [4.78, 5) is 14.3. The standard InChI is InChI=1S/C18H24N4O2/c1-2-21(14-17-8-4-11-24-17)18(23)20-16-7-3-6-15(12-16)13-22-10-5-9-19-22/h3,5-7,9-10,12,17H,2,4,8,11,13-14H2,1H3,(H,20,23). The molecular weight excluding hydrogens is 304 g/mol. The van der Waals surface area contributed by atoms with Crippen molar-refractivity contribution in [3.8, 4) is 0 Å². The van der Waals surface area contributed by atoms with Crippen molar-refractivity contribution in [2.75, 3.05) is 25.0 Å². The summed E-state index contributed by atoms with van der Waals surface area (Å²) < 4.78 is 7.49. The number of rotatable bonds is 6. The van der Waals surface area contributed by atoms with E-state index >= 15 is 0 Å². The molecule has 1 aromatic heterocycles. The largest absolute Gasteiger partial charge is 0.376 e. The molecule has 2 heterocycles. The maximum absolute atomic E-state index is 12.5. The number of anilines is 1. The molecule has 1 saturated heterocycles. The van der Waals surface area contributed by atoms with Crippen LogP contribution in [0.25, 0.3) is 0 Å². The third-order valence-electron chi connectivity index (χ3n) is 4.20. The first-order valence-electron chi connectivity index (χ1n) is 8.48. The predicted molar refractivity (Wildman–Crippen MR) is 93.0 cm³/mol. The molecule has 1 unspecified atom stereocenters. The number of ether oxygens (including phenoxy) is 1. The molecule has 6 heteroatoms. The van der Waals surface area contributed by atoms with Gasteiger partial charge < -0.3 is 15.0 Å². The van der Waals surface area contributed by atoms with Crippen LogP contribution in [0.4, 0.5) is 10.5 Å². The van der Waals surface area contributed by atoms with Gasteiger partial charge in [0.1, 0.15) is 0 Å². The summed E-state index contributed by atoms with van der Waals surface area (Å²) in [6.07, 6.45) is 5.96. The number of aromatic nitrogens is 2. The summed E-state index contributed by atoms with van der Waals surface area (Å²) in [5, 5.41) is 7.20. The van der Waals surface area contributed by atoms with E-state index in [-0.39, 0.29) is 12.1 Å². The van der Waals surface area contributed by atoms with Gasteiger partial charge in [-0.25, -0.2) is 4.79 Å². The van der Waals surface area contributed by atoms with E-state index in [9.17, 15) is 4.79 Å². The van der Waals surface area contributed by atoms with Gasteiger partial charge >= 0.3 is 6.03 Å². The highest BCUT2D eigenvalue weighted by Crippen LogP contribution is 2.16. The predicted octanol–water partition coefficient (Wildman–Crippen LogP) is 2.96. The molecule has 3 rings (SSSR count). The van der Waals surface area contributed by atoms with E-state index in [1.807, 2.05) is 48.1 Å². The molecular formula is C18H24N4O2. The SMILES string of the molecule is CCN(CC1CCCO1)C(=O)Nc1cccc(Cn2cccn2)c1. The minimum absolute atomic E-state index is 0.0794. The van der Waals surface area contributed by atoms with Crippen LogP contribution in [0, 0.1) is 0 Å². The van der Waals surface area contributed by atoms with Crippen LogP contribution in [0.15, 0.2) is 42.7 Å². The second-order valence-corrected chi connectivity index (χ2v) is 6.01. The summed E-state index contributed by atoms with van der Waals surface area (Å²) >= 11 is 0. The molecule has 1 aliphatic rings. The van der Waals surface area contributed by atoms with Crippen LogP contribution in [-0.2, 0) is 11.3 Å². The molecule has 0 aliphatic carbocycles. The zero-order chi connectivity index (χ0) is 16.8. The number of nitrogens with one attached hydrogen (secondary N) is 1. The van der Waals surface area contributed by atoms with Crippen molar-refractivity contribution < 1.29 is 9.53 Å². The molecule has 1 aromatic carbocycles. The van der Waals surface area contributed by atoms with E-state index in [0.717, 1.165) is 30.7 Å². The molecule has 0 bridgehead atoms. The molecule has 0 spiro atoms. The summed E-state index contributed by atoms with van der Waals surface area (Å²) in [5.74, 6) is 0. The molecule has 1 atom stereocenters. The number of amides is 2. The lowest BCUT2D eigenvalue weighted by atomic mass is 10.2. The number of hydrogen-bond donors (Lipinski definition) is 1. The average molecular weight is 328 g/mol. The summed E-state index contributed by atoms with van der Waals surface area (Å²) in [6, 6.07) is 9.69. The molecule has 6 nitrogen and oxygen atoms in total. The maximum atomic E-state index is 12.5. The number of likely N-dealkylation sites (N-methyl/N-ethyl adjacent to an activating group) is 1. The Labute approximate surface area is 142 Å². The van der Waals surface area contributed by atoms with Gasteiger partial charge in [0, 0.05) is 37.8 Å². The normalized spacial score (nSPS) is 17.0. The third kappa shape index (κ3) is 4.35. The fourth-order valence-electron chi connectivity index (χ4n) is 2.92. The van der Waals surface area contributed by atoms with Crippen LogP contribution in [0.1, 0.15) is 25.3 Å². The van der Waals surface area contributed by atoms with Crippen molar-refractivity contribution in [2.24, 2.45) is 0 Å². The Bertz CT molecular complexity index is 651. The van der Waals surface area contributed by atoms with Crippen LogP contribution >= 0.6 is 0 Å². The van der Waals surface area contributed by atoms with Crippen molar-refractivity contribution in [1.82, 2.24) is 14.7 Å². The molecule has 1 N–H and O–H groups in total. The smallest absolute Gasteiger partial charge is 0.321 e. The molecule has 1 fully saturated rings. The molecule has 2 amide bonds. The van der Waals surface area contributed by atoms with E-state index < -0.39 is 0 Å². The lowest BCUT2D eigenvalue weighted by Gasteiger charge is -2.24. The number of benzene rings is 1. The van der Waals surface area contributed by atoms with Crippen LogP contribution in [0.2, 0.25) is 0 Å². The Kier molecular flexibility index (Phi) is 5.48. The lowest BCUT2D eigenvalue weighted by molar-refractivity contribution is 0.0849. The van der Waals surface area contributed by atoms with Gasteiger partial charge in [-0.2, -0.15) is 5.10 Å². The second kappa shape index (κ2) is 7.97. The highest BCUT2D eigenvalue weighted by molar-refractivity contribution is 5.89. The first-order valence-corrected chi connectivity index (χ1v) is 8.48. The Morgan fingerprint density at radius 1 is 1.46 bits per heavy atom. The molecule has 0 radical (unpaired) electrons. The van der Waals surface area contributed by atoms with Gasteiger partial charge in [-0.15, -0.1) is 0 Å². The molecule has 2 aromatic rings. The number of carbonyl (C=O) groups excluding carboxylic acids is 1. The minimum Gasteiger partial charge on any atom is -0.376 e. The van der Waals surface area contributed by atoms with E-state index in [4.69, 9.17) is 4.74 Å². The number of hydrogen-bond acceptors (Lipinski definition) is 3. The van der Waals surface area contributed by atoms with Crippen molar-refractivity contribution in [1.29, 1.82) is 0 Å². The Morgan fingerprint density at radius 2 is 2.38 bits per heavy atom. The van der Waals surface area contributed by atoms with E-state index in [2.05, 4.69) is 10.4 Å². The van der Waals surface area contributed by atoms with Crippen molar-refractivity contribution >= 4 is 11.7 Å². The summed E-state index contributed by atoms with van der Waals surface area (Å²) in [6.45, 7) is 4.79. The summed E-state index contributed by atoms with van der Waals surface area (Å²) in [7, 11) is 0. The van der Waals surface area contributed by atoms with Crippen LogP contribution in [0.5, 0.6) is 0 Å². The van der Waals surface area contributed by atoms with E-state index in [1.165, 1.54) is 0 Å². The Hall–Kier alpha value is -2.34. The minimum atomic E-state index is -0.0794. The van der Waals surface area contributed by atoms with Gasteiger partial charge in [0.2, 0.25) is 0 Å². The highest BCUT2D eigenvalue weighted by atomic mass is 16.5. The van der Waals surface area contributed by atoms with Crippen LogP contribution < -0.4 is 5.32 Å². The zero-order valence-corrected chi connectivity index (χ0v) is 14.0. The third-order valence-corrected chi connectivity index (χ3v) is 4.20. The first-order chi connectivity index (χ1) is 11.7. The van der Waals surface area contributed by atoms with Gasteiger partial charge in [0.15, 0.2) is 0 Å². The van der Waals surface area contributed by atoms with Gasteiger partial charge in [-0.3, -0.25) is 4.68 Å². The van der Waals surface area contributed by atoms with Gasteiger partial charge in [0.05, 0.1) is 12.6 Å². The van der Waals surface area contributed by atoms with E-state index in [1.54, 1.807) is 11.1 Å². The summed E-state index contributed by atoms with van der Waals surface area (Å²) in [5.41, 5.74) is 1.90. The quantitative estimate of drug-likeness (QED) is 0.887. The number of urea groups is 1. The van der Waals surface area contributed by atoms with Crippen LogP contribution in [0.3, 0.4) is 0 Å². The van der Waals surface area contributed by atoms with Gasteiger partial charge in [-0.05, 0) is 43.5 Å². The lowest BCUT2D eigenvalue weighted by Crippen LogP contribution is -2.39. The molecule has 24 heavy (non-hydrogen) atoms. The van der Waals surface area contributed by atoms with Crippen molar-refractivity contribution in [3.05, 3.63) is 48.3 Å². The Morgan fingerprint density at radius 3 is 3.08 bits per heavy atom. The zero-order valence-electron chi connectivity index (χ0n) is 14.0. The van der Waals surface area contributed by atoms with Gasteiger partial charge in [-0.1, -0.05) is 12.1 Å². The average Bonchev–Trinajstić information content (AvgIpc) is 3.26. The van der Waals surface area contributed by atoms with Crippen molar-refractivity contribution in [2.45, 2.75) is 32.4 Å². The fraction of sp³-hybridized carbons (Fsp3) is 0.444. The maximum Gasteiger partial charge on any atom is 0.321 e. The second-order valence-electron chi connectivity index (χ2n) is 6.01. The topological polar surface area (TPSA) is 59.4 Å². The molecule has 0 saturated carbocycles. The molecule has 1 aliphatic heterocycles. The van der Waals surface area contributed by atoms with Gasteiger partial charge in [0.25, 0.3) is 0 Å². The first kappa shape index (κ1) is 16.5. The number of carbonyl (C=O) groups is 1.